The zero-order valence-corrected chi connectivity index (χ0v) is 18.9. The molecular formula is C25H35N5O2. The average molecular weight is 438 g/mol. The van der Waals surface area contributed by atoms with E-state index in [0.29, 0.717) is 25.3 Å². The van der Waals surface area contributed by atoms with Crippen LogP contribution < -0.4 is 5.32 Å². The average Bonchev–Trinajstić information content (AvgIpc) is 3.53. The highest BCUT2D eigenvalue weighted by Gasteiger charge is 2.30. The van der Waals surface area contributed by atoms with Crippen LogP contribution in [0.15, 0.2) is 42.6 Å². The van der Waals surface area contributed by atoms with Gasteiger partial charge < -0.3 is 15.0 Å². The van der Waals surface area contributed by atoms with Gasteiger partial charge in [-0.15, -0.1) is 0 Å². The van der Waals surface area contributed by atoms with Gasteiger partial charge in [-0.3, -0.25) is 9.69 Å². The summed E-state index contributed by atoms with van der Waals surface area (Å²) < 4.78 is 7.39. The molecule has 7 nitrogen and oxygen atoms in total. The van der Waals surface area contributed by atoms with Gasteiger partial charge in [-0.2, -0.15) is 5.10 Å². The Labute approximate surface area is 190 Å². The number of ether oxygens (including phenoxy) is 1. The van der Waals surface area contributed by atoms with Crippen molar-refractivity contribution in [1.29, 1.82) is 0 Å². The largest absolute Gasteiger partial charge is 0.381 e. The first kappa shape index (κ1) is 21.6. The Morgan fingerprint density at radius 2 is 1.72 bits per heavy atom. The quantitative estimate of drug-likeness (QED) is 0.752. The van der Waals surface area contributed by atoms with Crippen LogP contribution in [0.5, 0.6) is 0 Å². The van der Waals surface area contributed by atoms with Gasteiger partial charge in [0.25, 0.3) is 0 Å². The molecule has 1 amide bonds. The summed E-state index contributed by atoms with van der Waals surface area (Å²) in [4.78, 5) is 17.8. The summed E-state index contributed by atoms with van der Waals surface area (Å²) in [7, 11) is 0. The molecule has 1 N–H and O–H groups in total. The van der Waals surface area contributed by atoms with E-state index >= 15 is 0 Å². The third-order valence-corrected chi connectivity index (χ3v) is 7.39. The van der Waals surface area contributed by atoms with Crippen LogP contribution in [0.25, 0.3) is 0 Å². The van der Waals surface area contributed by atoms with E-state index in [4.69, 9.17) is 4.74 Å². The first-order valence-corrected chi connectivity index (χ1v) is 12.2. The molecule has 1 atom stereocenters. The molecule has 0 bridgehead atoms. The maximum Gasteiger partial charge on any atom is 0.231 e. The van der Waals surface area contributed by atoms with E-state index < -0.39 is 0 Å². The van der Waals surface area contributed by atoms with Gasteiger partial charge >= 0.3 is 0 Å². The van der Waals surface area contributed by atoms with Crippen LogP contribution in [-0.2, 0) is 16.1 Å². The van der Waals surface area contributed by atoms with Crippen LogP contribution >= 0.6 is 0 Å². The number of nitrogens with zero attached hydrogens (tertiary/aromatic N) is 4. The third-order valence-electron chi connectivity index (χ3n) is 7.39. The molecule has 1 aromatic heterocycles. The highest BCUT2D eigenvalue weighted by Crippen LogP contribution is 2.29. The molecule has 1 aromatic carbocycles. The number of aromatic nitrogens is 2. The second-order valence-electron chi connectivity index (χ2n) is 9.47. The Morgan fingerprint density at radius 3 is 2.44 bits per heavy atom. The predicted molar refractivity (Wildman–Crippen MR) is 124 cm³/mol. The molecule has 32 heavy (non-hydrogen) atoms. The fourth-order valence-electron chi connectivity index (χ4n) is 5.45. The van der Waals surface area contributed by atoms with E-state index in [9.17, 15) is 4.79 Å². The lowest BCUT2D eigenvalue weighted by Crippen LogP contribution is -2.47. The van der Waals surface area contributed by atoms with E-state index in [1.165, 1.54) is 31.5 Å². The number of carbonyl (C=O) groups is 1. The molecule has 172 valence electrons. The first-order valence-electron chi connectivity index (χ1n) is 12.2. The summed E-state index contributed by atoms with van der Waals surface area (Å²) in [6.45, 7) is 6.86. The summed E-state index contributed by atoms with van der Waals surface area (Å²) in [5, 5.41) is 7.64. The van der Waals surface area contributed by atoms with Gasteiger partial charge in [-0.1, -0.05) is 30.3 Å². The Hall–Kier alpha value is -2.22. The van der Waals surface area contributed by atoms with Crippen LogP contribution in [-0.4, -0.2) is 70.9 Å². The number of nitrogens with one attached hydrogen (secondary N) is 1. The molecule has 3 aliphatic rings. The number of likely N-dealkylation sites (tertiary alicyclic amines) is 2. The summed E-state index contributed by atoms with van der Waals surface area (Å²) >= 11 is 0. The van der Waals surface area contributed by atoms with Crippen molar-refractivity contribution >= 4 is 11.7 Å². The SMILES string of the molecule is O=C(Nc1ccnn1C1CCN(C2CCN(Cc3ccccc3)CC2)CC1)C1CCOC1. The molecule has 2 aromatic rings. The molecule has 0 saturated carbocycles. The number of hydrogen-bond acceptors (Lipinski definition) is 5. The van der Waals surface area contributed by atoms with Crippen molar-refractivity contribution in [2.24, 2.45) is 5.92 Å². The van der Waals surface area contributed by atoms with Crippen molar-refractivity contribution in [2.45, 2.75) is 50.7 Å². The molecule has 3 aliphatic heterocycles. The normalized spacial score (nSPS) is 24.1. The summed E-state index contributed by atoms with van der Waals surface area (Å²) in [5.41, 5.74) is 1.41. The van der Waals surface area contributed by atoms with Gasteiger partial charge in [-0.05, 0) is 50.8 Å². The number of piperidine rings is 2. The maximum atomic E-state index is 12.5. The molecule has 3 fully saturated rings. The fourth-order valence-corrected chi connectivity index (χ4v) is 5.45. The maximum absolute atomic E-state index is 12.5. The van der Waals surface area contributed by atoms with E-state index in [2.05, 4.69) is 50.5 Å². The lowest BCUT2D eigenvalue weighted by atomic mass is 9.97. The number of rotatable bonds is 6. The van der Waals surface area contributed by atoms with E-state index in [0.717, 1.165) is 44.7 Å². The second-order valence-corrected chi connectivity index (χ2v) is 9.47. The smallest absolute Gasteiger partial charge is 0.231 e. The minimum absolute atomic E-state index is 0.0343. The minimum atomic E-state index is -0.0343. The second kappa shape index (κ2) is 10.1. The molecule has 1 unspecified atom stereocenters. The van der Waals surface area contributed by atoms with Gasteiger partial charge in [0.1, 0.15) is 5.82 Å². The van der Waals surface area contributed by atoms with Gasteiger partial charge in [0.05, 0.1) is 24.8 Å². The van der Waals surface area contributed by atoms with Crippen LogP contribution in [0, 0.1) is 5.92 Å². The Kier molecular flexibility index (Phi) is 6.86. The zero-order chi connectivity index (χ0) is 21.8. The highest BCUT2D eigenvalue weighted by atomic mass is 16.5. The Morgan fingerprint density at radius 1 is 0.969 bits per heavy atom. The molecule has 3 saturated heterocycles. The Balaban J connectivity index is 1.09. The third kappa shape index (κ3) is 5.05. The summed E-state index contributed by atoms with van der Waals surface area (Å²) in [6.07, 6.45) is 7.29. The zero-order valence-electron chi connectivity index (χ0n) is 18.9. The van der Waals surface area contributed by atoms with Crippen LogP contribution in [0.4, 0.5) is 5.82 Å². The van der Waals surface area contributed by atoms with E-state index in [1.54, 1.807) is 6.20 Å². The predicted octanol–water partition coefficient (Wildman–Crippen LogP) is 3.16. The topological polar surface area (TPSA) is 62.6 Å². The lowest BCUT2D eigenvalue weighted by molar-refractivity contribution is -0.119. The molecule has 0 radical (unpaired) electrons. The number of hydrogen-bond donors (Lipinski definition) is 1. The molecule has 7 heteroatoms. The Bertz CT molecular complexity index is 863. The minimum Gasteiger partial charge on any atom is -0.381 e. The summed E-state index contributed by atoms with van der Waals surface area (Å²) in [6, 6.07) is 13.8. The van der Waals surface area contributed by atoms with Gasteiger partial charge in [0.2, 0.25) is 5.91 Å². The van der Waals surface area contributed by atoms with Crippen molar-refractivity contribution in [2.75, 3.05) is 44.7 Å². The molecule has 4 heterocycles. The van der Waals surface area contributed by atoms with Gasteiger partial charge in [-0.25, -0.2) is 4.68 Å². The van der Waals surface area contributed by atoms with Gasteiger partial charge in [0, 0.05) is 38.3 Å². The van der Waals surface area contributed by atoms with Crippen LogP contribution in [0.3, 0.4) is 0 Å². The van der Waals surface area contributed by atoms with Crippen molar-refractivity contribution in [3.8, 4) is 0 Å². The van der Waals surface area contributed by atoms with Crippen LogP contribution in [0.1, 0.15) is 43.7 Å². The highest BCUT2D eigenvalue weighted by molar-refractivity contribution is 5.92. The number of anilines is 1. The first-order chi connectivity index (χ1) is 15.8. The molecule has 0 spiro atoms. The van der Waals surface area contributed by atoms with E-state index in [-0.39, 0.29) is 11.8 Å². The lowest BCUT2D eigenvalue weighted by Gasteiger charge is -2.42. The standard InChI is InChI=1S/C25H35N5O2/c31-25(21-11-17-32-19-21)27-24-6-12-26-30(24)23-9-15-29(16-10-23)22-7-13-28(14-8-22)18-20-4-2-1-3-5-20/h1-6,12,21-23H,7-11,13-19H2,(H,27,31). The van der Waals surface area contributed by atoms with Crippen molar-refractivity contribution in [3.05, 3.63) is 48.2 Å². The molecule has 0 aliphatic carbocycles. The number of benzene rings is 1. The van der Waals surface area contributed by atoms with Crippen LogP contribution in [0.2, 0.25) is 0 Å². The molecular weight excluding hydrogens is 402 g/mol. The number of amides is 1. The fraction of sp³-hybridized carbons (Fsp3) is 0.600. The molecule has 5 rings (SSSR count). The van der Waals surface area contributed by atoms with Crippen molar-refractivity contribution in [1.82, 2.24) is 19.6 Å². The number of carbonyl (C=O) groups excluding carboxylic acids is 1. The summed E-state index contributed by atoms with van der Waals surface area (Å²) in [5.74, 6) is 0.853. The monoisotopic (exact) mass is 437 g/mol. The van der Waals surface area contributed by atoms with Crippen molar-refractivity contribution in [3.63, 3.8) is 0 Å². The van der Waals surface area contributed by atoms with Crippen molar-refractivity contribution < 1.29 is 9.53 Å². The van der Waals surface area contributed by atoms with Gasteiger partial charge in [0.15, 0.2) is 0 Å². The van der Waals surface area contributed by atoms with E-state index in [1.807, 2.05) is 10.7 Å².